The van der Waals surface area contributed by atoms with Crippen LogP contribution in [-0.2, 0) is 21.1 Å². The Morgan fingerprint density at radius 2 is 1.32 bits per heavy atom. The first kappa shape index (κ1) is 26.7. The maximum atomic E-state index is 10.7. The molecule has 3 nitrogen and oxygen atoms in total. The van der Waals surface area contributed by atoms with Crippen molar-refractivity contribution in [2.24, 2.45) is 17.8 Å². The van der Waals surface area contributed by atoms with Gasteiger partial charge in [-0.2, -0.15) is 0 Å². The summed E-state index contributed by atoms with van der Waals surface area (Å²) in [6, 6.07) is 20.6. The molecule has 4 saturated carbocycles. The van der Waals surface area contributed by atoms with Crippen LogP contribution in [0.5, 0.6) is 0 Å². The van der Waals surface area contributed by atoms with Gasteiger partial charge in [0.1, 0.15) is 0 Å². The van der Waals surface area contributed by atoms with Crippen LogP contribution in [0.15, 0.2) is 54.6 Å². The van der Waals surface area contributed by atoms with Gasteiger partial charge >= 0.3 is 7.12 Å². The van der Waals surface area contributed by atoms with Crippen molar-refractivity contribution in [3.8, 4) is 11.1 Å². The number of hydrogen-bond donors (Lipinski definition) is 1. The highest BCUT2D eigenvalue weighted by Gasteiger charge is 2.53. The van der Waals surface area contributed by atoms with Crippen LogP contribution in [-0.4, -0.2) is 29.5 Å². The van der Waals surface area contributed by atoms with Crippen molar-refractivity contribution in [1.29, 1.82) is 0 Å². The molecule has 4 heteroatoms. The topological polar surface area (TPSA) is 38.7 Å². The molecular formula is C36H45BO3. The lowest BCUT2D eigenvalue weighted by molar-refractivity contribution is -0.00576. The molecule has 3 aromatic rings. The zero-order valence-corrected chi connectivity index (χ0v) is 25.0. The van der Waals surface area contributed by atoms with Crippen LogP contribution >= 0.6 is 0 Å². The van der Waals surface area contributed by atoms with Crippen LogP contribution < -0.4 is 5.46 Å². The van der Waals surface area contributed by atoms with Crippen molar-refractivity contribution in [2.45, 2.75) is 109 Å². The minimum Gasteiger partial charge on any atom is -0.399 e. The summed E-state index contributed by atoms with van der Waals surface area (Å²) in [5.41, 5.74) is 6.20. The first-order chi connectivity index (χ1) is 19.0. The van der Waals surface area contributed by atoms with Crippen LogP contribution in [0.3, 0.4) is 0 Å². The highest BCUT2D eigenvalue weighted by Crippen LogP contribution is 2.61. The summed E-state index contributed by atoms with van der Waals surface area (Å²) < 4.78 is 12.6. The minimum atomic E-state index is -0.345. The maximum Gasteiger partial charge on any atom is 0.494 e. The molecule has 0 aromatic heterocycles. The number of benzene rings is 3. The molecule has 0 spiro atoms. The lowest BCUT2D eigenvalue weighted by atomic mass is 9.47. The molecule has 5 aliphatic rings. The van der Waals surface area contributed by atoms with E-state index in [2.05, 4.69) is 89.2 Å². The Balaban J connectivity index is 1.23. The quantitative estimate of drug-likeness (QED) is 0.330. The summed E-state index contributed by atoms with van der Waals surface area (Å²) in [7, 11) is -0.345. The van der Waals surface area contributed by atoms with Crippen molar-refractivity contribution >= 4 is 23.4 Å². The van der Waals surface area contributed by atoms with Gasteiger partial charge in [-0.15, -0.1) is 0 Å². The summed E-state index contributed by atoms with van der Waals surface area (Å²) in [6.07, 6.45) is 9.69. The average Bonchev–Trinajstić information content (AvgIpc) is 3.13. The summed E-state index contributed by atoms with van der Waals surface area (Å²) in [5.74, 6) is 2.70. The molecular weight excluding hydrogens is 491 g/mol. The van der Waals surface area contributed by atoms with E-state index in [9.17, 15) is 5.11 Å². The molecule has 1 atom stereocenters. The highest BCUT2D eigenvalue weighted by molar-refractivity contribution is 6.62. The van der Waals surface area contributed by atoms with Crippen LogP contribution in [0.2, 0.25) is 0 Å². The second-order valence-corrected chi connectivity index (χ2v) is 14.7. The van der Waals surface area contributed by atoms with Gasteiger partial charge in [-0.1, -0.05) is 55.5 Å². The Hall–Kier alpha value is -2.14. The molecule has 1 saturated heterocycles. The van der Waals surface area contributed by atoms with Crippen molar-refractivity contribution < 1.29 is 14.4 Å². The SMILES string of the molecule is CCC(O)Cc1ccc(-c2ccc3cc(B4OC(C)(C)C(C)(C)O4)ccc3c2)cc1C12CC3CC(CC(C3)C1)C2. The Morgan fingerprint density at radius 1 is 0.775 bits per heavy atom. The zero-order chi connectivity index (χ0) is 27.9. The lowest BCUT2D eigenvalue weighted by Crippen LogP contribution is -2.49. The number of aliphatic hydroxyl groups is 1. The predicted octanol–water partition coefficient (Wildman–Crippen LogP) is 7.59. The van der Waals surface area contributed by atoms with Gasteiger partial charge in [-0.25, -0.2) is 0 Å². The Kier molecular flexibility index (Phi) is 6.31. The van der Waals surface area contributed by atoms with Gasteiger partial charge in [-0.3, -0.25) is 0 Å². The highest BCUT2D eigenvalue weighted by atomic mass is 16.7. The van der Waals surface area contributed by atoms with E-state index in [4.69, 9.17) is 9.31 Å². The third kappa shape index (κ3) is 4.46. The van der Waals surface area contributed by atoms with Gasteiger partial charge < -0.3 is 14.4 Å². The van der Waals surface area contributed by atoms with Gasteiger partial charge in [0.05, 0.1) is 17.3 Å². The van der Waals surface area contributed by atoms with E-state index in [1.165, 1.54) is 66.0 Å². The van der Waals surface area contributed by atoms with E-state index in [-0.39, 0.29) is 24.4 Å². The van der Waals surface area contributed by atoms with E-state index in [0.29, 0.717) is 5.41 Å². The molecule has 0 radical (unpaired) electrons. The summed E-state index contributed by atoms with van der Waals surface area (Å²) in [5, 5.41) is 13.1. The Morgan fingerprint density at radius 3 is 1.95 bits per heavy atom. The van der Waals surface area contributed by atoms with Crippen molar-refractivity contribution in [1.82, 2.24) is 0 Å². The first-order valence-corrected chi connectivity index (χ1v) is 15.8. The Labute approximate surface area is 240 Å². The van der Waals surface area contributed by atoms with Crippen LogP contribution in [0.1, 0.15) is 90.7 Å². The van der Waals surface area contributed by atoms with Gasteiger partial charge in [0, 0.05) is 0 Å². The number of rotatable bonds is 6. The normalized spacial score (nSPS) is 30.8. The van der Waals surface area contributed by atoms with E-state index in [0.717, 1.165) is 36.1 Å². The standard InChI is InChI=1S/C36H45BO3/c1-6-32(38)18-30-10-9-29(19-33(30)36-20-23-13-24(21-36)15-25(14-23)22-36)26-7-8-28-17-31(12-11-27(28)16-26)37-39-34(2,3)35(4,5)40-37/h7-12,16-17,19,23-25,32,38H,6,13-15,18,20-22H2,1-5H3. The molecule has 0 amide bonds. The zero-order valence-electron chi connectivity index (χ0n) is 25.0. The molecule has 5 fully saturated rings. The third-order valence-electron chi connectivity index (χ3n) is 11.4. The average molecular weight is 537 g/mol. The van der Waals surface area contributed by atoms with Gasteiger partial charge in [0.25, 0.3) is 0 Å². The van der Waals surface area contributed by atoms with Crippen LogP contribution in [0.4, 0.5) is 0 Å². The summed E-state index contributed by atoms with van der Waals surface area (Å²) >= 11 is 0. The summed E-state index contributed by atoms with van der Waals surface area (Å²) in [6.45, 7) is 10.5. The van der Waals surface area contributed by atoms with Crippen molar-refractivity contribution in [2.75, 3.05) is 0 Å². The predicted molar refractivity (Wildman–Crippen MR) is 165 cm³/mol. The fraction of sp³-hybridized carbons (Fsp3) is 0.556. The van der Waals surface area contributed by atoms with E-state index < -0.39 is 0 Å². The van der Waals surface area contributed by atoms with Gasteiger partial charge in [0.2, 0.25) is 0 Å². The number of hydrogen-bond acceptors (Lipinski definition) is 3. The lowest BCUT2D eigenvalue weighted by Gasteiger charge is -2.57. The minimum absolute atomic E-state index is 0.266. The molecule has 8 rings (SSSR count). The van der Waals surface area contributed by atoms with Crippen LogP contribution in [0, 0.1) is 17.8 Å². The van der Waals surface area contributed by atoms with Gasteiger partial charge in [0.15, 0.2) is 0 Å². The second-order valence-electron chi connectivity index (χ2n) is 14.7. The molecule has 1 unspecified atom stereocenters. The summed E-state index contributed by atoms with van der Waals surface area (Å²) in [4.78, 5) is 0. The fourth-order valence-electron chi connectivity index (χ4n) is 8.84. The monoisotopic (exact) mass is 536 g/mol. The second kappa shape index (κ2) is 9.44. The molecule has 1 N–H and O–H groups in total. The van der Waals surface area contributed by atoms with Gasteiger partial charge in [-0.05, 0) is 147 Å². The third-order valence-corrected chi connectivity index (χ3v) is 11.4. The molecule has 1 aliphatic heterocycles. The van der Waals surface area contributed by atoms with Crippen molar-refractivity contribution in [3.63, 3.8) is 0 Å². The molecule has 210 valence electrons. The molecule has 4 bridgehead atoms. The smallest absolute Gasteiger partial charge is 0.399 e. The number of aliphatic hydroxyl groups excluding tert-OH is 1. The largest absolute Gasteiger partial charge is 0.494 e. The molecule has 4 aliphatic carbocycles. The molecule has 40 heavy (non-hydrogen) atoms. The van der Waals surface area contributed by atoms with E-state index in [1.807, 2.05) is 0 Å². The maximum absolute atomic E-state index is 10.7. The van der Waals surface area contributed by atoms with Crippen LogP contribution in [0.25, 0.3) is 21.9 Å². The van der Waals surface area contributed by atoms with E-state index in [1.54, 1.807) is 5.56 Å². The first-order valence-electron chi connectivity index (χ1n) is 15.8. The number of fused-ring (bicyclic) bond motifs is 1. The molecule has 1 heterocycles. The Bertz CT molecular complexity index is 1390. The van der Waals surface area contributed by atoms with Crippen molar-refractivity contribution in [3.05, 3.63) is 65.7 Å². The van der Waals surface area contributed by atoms with E-state index >= 15 is 0 Å². The molecule has 3 aromatic carbocycles. The fourth-order valence-corrected chi connectivity index (χ4v) is 8.84.